The highest BCUT2D eigenvalue weighted by atomic mass is 32.2. The number of benzene rings is 3. The standard InChI is InChI=1S/C56H72N10O21S2/c1-4-5-6-7-18-84-34-15-12-30(13-16-34)54-64-63-53(88-54)29-10-8-28(9-11-29)48(76)59-35-20-32(68)23-58-52(80)44-45(73)26(2)24-66(44)56(82)42(38(71)22-40(57)72)61-51(79)43(47(75)46(74)31-14-17-37(70)39(19-31)85-89-87-86-83)62-50(78)36-21-33(69)25-65(36)55(81)41(27(3)67)60-49(35)77/h8-17,19,26-27,32-33,35-36,38,41-47,67-71,73-75,83H,4-7,18,20-25H2,1-3H3,(H2,57,72)(H,58,80)(H,59,76)(H,60,77)(H,61,79)(H,62,78)/t26?,27?,32?,33?,35-,36?,38?,41?,42?,43?,44?,45?,46?,47?/m0/s1. The minimum atomic E-state index is -2.53. The summed E-state index contributed by atoms with van der Waals surface area (Å²) in [7, 11) is 0. The Hall–Kier alpha value is -7.67. The maximum atomic E-state index is 14.7. The summed E-state index contributed by atoms with van der Waals surface area (Å²) in [6.07, 6.45) is -11.9. The van der Waals surface area contributed by atoms with Crippen molar-refractivity contribution in [1.29, 1.82) is 0 Å². The van der Waals surface area contributed by atoms with E-state index in [1.807, 2.05) is 24.3 Å². The molecule has 33 heteroatoms. The van der Waals surface area contributed by atoms with Gasteiger partial charge in [0.05, 0.1) is 43.5 Å². The molecular weight excluding hydrogens is 1210 g/mol. The number of ether oxygens (including phenoxy) is 1. The quantitative estimate of drug-likeness (QED) is 0.0190. The summed E-state index contributed by atoms with van der Waals surface area (Å²) in [5.74, 6) is -11.2. The first kappa shape index (κ1) is 68.8. The fourth-order valence-corrected chi connectivity index (χ4v) is 11.4. The number of phenols is 1. The number of nitrogens with zero attached hydrogens (tertiary/aromatic N) is 4. The molecule has 3 saturated heterocycles. The van der Waals surface area contributed by atoms with Crippen molar-refractivity contribution in [1.82, 2.24) is 46.6 Å². The highest BCUT2D eigenvalue weighted by Crippen LogP contribution is 2.35. The number of carbonyl (C=O) groups excluding carboxylic acids is 8. The number of unbranched alkanes of at least 4 members (excludes halogenated alkanes) is 3. The number of aromatic hydroxyl groups is 1. The van der Waals surface area contributed by atoms with Gasteiger partial charge in [0.1, 0.15) is 64.2 Å². The smallest absolute Gasteiger partial charge is 0.261 e. The number of aromatic nitrogens is 2. The lowest BCUT2D eigenvalue weighted by Gasteiger charge is -2.34. The van der Waals surface area contributed by atoms with Gasteiger partial charge in [0.2, 0.25) is 41.4 Å². The van der Waals surface area contributed by atoms with Gasteiger partial charge >= 0.3 is 0 Å². The number of nitrogens with two attached hydrogens (primary N) is 1. The van der Waals surface area contributed by atoms with E-state index in [4.69, 9.17) is 19.9 Å². The highest BCUT2D eigenvalue weighted by Gasteiger charge is 2.50. The number of nitrogens with one attached hydrogen (secondary N) is 5. The second-order valence-electron chi connectivity index (χ2n) is 21.8. The van der Waals surface area contributed by atoms with E-state index in [9.17, 15) is 79.2 Å². The topological polar surface area (TPSA) is 474 Å². The van der Waals surface area contributed by atoms with Crippen molar-refractivity contribution in [3.63, 3.8) is 0 Å². The summed E-state index contributed by atoms with van der Waals surface area (Å²) < 4.78 is 15.1. The van der Waals surface area contributed by atoms with Crippen LogP contribution < -0.4 is 41.2 Å². The number of aliphatic hydroxyl groups excluding tert-OH is 7. The second-order valence-corrected chi connectivity index (χ2v) is 23.2. The number of aliphatic hydroxyl groups is 7. The molecule has 0 radical (unpaired) electrons. The number of carbonyl (C=O) groups is 8. The van der Waals surface area contributed by atoms with Crippen LogP contribution in [-0.2, 0) is 42.9 Å². The maximum Gasteiger partial charge on any atom is 0.261 e. The molecule has 31 nitrogen and oxygen atoms in total. The van der Waals surface area contributed by atoms with E-state index >= 15 is 0 Å². The molecule has 1 aromatic heterocycles. The third-order valence-corrected chi connectivity index (χ3v) is 16.5. The Labute approximate surface area is 517 Å². The summed E-state index contributed by atoms with van der Waals surface area (Å²) in [6, 6.07) is 4.07. The van der Waals surface area contributed by atoms with Crippen LogP contribution in [0.25, 0.3) is 21.1 Å². The van der Waals surface area contributed by atoms with E-state index in [1.165, 1.54) is 30.4 Å². The van der Waals surface area contributed by atoms with Crippen LogP contribution in [0.2, 0.25) is 0 Å². The molecule has 4 aromatic rings. The van der Waals surface area contributed by atoms with Gasteiger partial charge < -0.3 is 91.9 Å². The molecule has 3 aliphatic heterocycles. The monoisotopic (exact) mass is 1280 g/mol. The summed E-state index contributed by atoms with van der Waals surface area (Å²) >= 11 is 1.26. The fraction of sp³-hybridized carbons (Fsp3) is 0.500. The van der Waals surface area contributed by atoms with Crippen molar-refractivity contribution in [3.8, 4) is 38.4 Å². The van der Waals surface area contributed by atoms with E-state index in [0.29, 0.717) is 22.2 Å². The Bertz CT molecular complexity index is 3130. The summed E-state index contributed by atoms with van der Waals surface area (Å²) in [6.45, 7) is 3.43. The average Bonchev–Trinajstić information content (AvgIpc) is 2.88. The van der Waals surface area contributed by atoms with Crippen LogP contribution in [0.5, 0.6) is 17.2 Å². The molecule has 0 saturated carbocycles. The van der Waals surface area contributed by atoms with Crippen LogP contribution in [0.15, 0.2) is 66.7 Å². The van der Waals surface area contributed by atoms with Gasteiger partial charge in [0.15, 0.2) is 11.5 Å². The first-order chi connectivity index (χ1) is 42.4. The fourth-order valence-electron chi connectivity index (χ4n) is 10.3. The Morgan fingerprint density at radius 2 is 1.43 bits per heavy atom. The molecule has 3 aliphatic rings. The molecule has 0 aliphatic carbocycles. The Morgan fingerprint density at radius 3 is 2.07 bits per heavy atom. The second kappa shape index (κ2) is 31.7. The van der Waals surface area contributed by atoms with Gasteiger partial charge in [0.25, 0.3) is 18.2 Å². The number of primary amides is 1. The van der Waals surface area contributed by atoms with E-state index < -0.39 is 183 Å². The predicted molar refractivity (Wildman–Crippen MR) is 311 cm³/mol. The summed E-state index contributed by atoms with van der Waals surface area (Å²) in [5.41, 5.74) is 6.39. The Kier molecular flexibility index (Phi) is 24.5. The molecule has 4 heterocycles. The van der Waals surface area contributed by atoms with Crippen LogP contribution in [0.1, 0.15) is 87.7 Å². The number of hydrogen-bond acceptors (Lipinski definition) is 25. The lowest BCUT2D eigenvalue weighted by Crippen LogP contribution is -2.64. The van der Waals surface area contributed by atoms with Crippen LogP contribution in [0.3, 0.4) is 0 Å². The molecule has 484 valence electrons. The van der Waals surface area contributed by atoms with Crippen molar-refractivity contribution in [2.75, 3.05) is 26.2 Å². The van der Waals surface area contributed by atoms with Crippen molar-refractivity contribution in [3.05, 3.63) is 77.9 Å². The maximum absolute atomic E-state index is 14.7. The molecule has 7 rings (SSSR count). The number of phenolic OH excluding ortho intramolecular Hbond substituents is 1. The summed E-state index contributed by atoms with van der Waals surface area (Å²) in [5, 5.41) is 124. The number of amides is 8. The Balaban J connectivity index is 1.19. The van der Waals surface area contributed by atoms with Gasteiger partial charge in [-0.3, -0.25) is 38.4 Å². The zero-order valence-electron chi connectivity index (χ0n) is 48.3. The van der Waals surface area contributed by atoms with E-state index in [2.05, 4.69) is 53.1 Å². The lowest BCUT2D eigenvalue weighted by molar-refractivity contribution is -0.433. The number of β-amino-alcohol motifs (C(OH)–C–C–N with tert-alkyl or cyclic N) is 1. The number of rotatable bonds is 21. The van der Waals surface area contributed by atoms with Gasteiger partial charge in [-0.15, -0.1) is 10.2 Å². The largest absolute Gasteiger partial charge is 0.504 e. The van der Waals surface area contributed by atoms with Gasteiger partial charge in [-0.25, -0.2) is 5.26 Å². The first-order valence-corrected chi connectivity index (χ1v) is 29.9. The predicted octanol–water partition coefficient (Wildman–Crippen LogP) is -1.79. The van der Waals surface area contributed by atoms with Gasteiger partial charge in [-0.2, -0.15) is 0 Å². The van der Waals surface area contributed by atoms with Crippen LogP contribution >= 0.6 is 23.7 Å². The highest BCUT2D eigenvalue weighted by molar-refractivity contribution is 7.90. The first-order valence-electron chi connectivity index (χ1n) is 28.4. The summed E-state index contributed by atoms with van der Waals surface area (Å²) in [4.78, 5) is 115. The number of fused-ring (bicyclic) bond motifs is 2. The molecule has 16 N–H and O–H groups in total. The van der Waals surface area contributed by atoms with E-state index in [1.54, 1.807) is 12.1 Å². The normalized spacial score (nSPS) is 25.4. The number of hydrogen-bond donors (Lipinski definition) is 15. The van der Waals surface area contributed by atoms with Crippen molar-refractivity contribution in [2.24, 2.45) is 11.7 Å². The molecule has 13 unspecified atom stereocenters. The zero-order valence-corrected chi connectivity index (χ0v) is 50.0. The lowest BCUT2D eigenvalue weighted by atomic mass is 9.96. The molecule has 14 atom stereocenters. The van der Waals surface area contributed by atoms with Crippen LogP contribution in [0.4, 0.5) is 0 Å². The van der Waals surface area contributed by atoms with Gasteiger partial charge in [0, 0.05) is 55.1 Å². The van der Waals surface area contributed by atoms with Gasteiger partial charge in [-0.05, 0) is 67.4 Å². The third kappa shape index (κ3) is 17.6. The molecule has 8 amide bonds. The third-order valence-electron chi connectivity index (χ3n) is 15.1. The molecule has 3 aromatic carbocycles. The molecular formula is C56H72N10O21S2. The SMILES string of the molecule is CCCCCCOc1ccc(-c2nnc(-c3ccc(C(=O)N[C@H]4CC(O)CNC(=O)C5C(O)C(C)CN5C(=O)C(C(O)CC(N)=O)NC(=O)C(C(O)C(O)c5ccc(O)c(OSOOO)c5)NC(=O)C5CC(O)CN5C(=O)C(C(C)O)NC4=O)cc3)s2)cc1. The van der Waals surface area contributed by atoms with E-state index in [0.717, 1.165) is 71.9 Å². The molecule has 0 spiro atoms. The van der Waals surface area contributed by atoms with Crippen LogP contribution in [-0.4, -0.2) is 212 Å². The zero-order chi connectivity index (χ0) is 64.8. The average molecular weight is 1290 g/mol. The minimum Gasteiger partial charge on any atom is -0.504 e. The van der Waals surface area contributed by atoms with Crippen LogP contribution in [0, 0.1) is 5.92 Å². The molecule has 3 fully saturated rings. The molecule has 0 bridgehead atoms. The molecule has 89 heavy (non-hydrogen) atoms. The minimum absolute atomic E-state index is 0.0112. The van der Waals surface area contributed by atoms with Gasteiger partial charge in [-0.1, -0.05) is 72.0 Å². The van der Waals surface area contributed by atoms with Crippen molar-refractivity contribution >= 4 is 70.9 Å². The van der Waals surface area contributed by atoms with Crippen molar-refractivity contribution < 1.29 is 103 Å². The van der Waals surface area contributed by atoms with Crippen molar-refractivity contribution in [2.45, 2.75) is 145 Å². The van der Waals surface area contributed by atoms with E-state index in [-0.39, 0.29) is 23.5 Å². The Morgan fingerprint density at radius 1 is 0.787 bits per heavy atom.